The average Bonchev–Trinajstić information content (AvgIpc) is 2.53. The first-order valence-corrected chi connectivity index (χ1v) is 7.91. The number of hydrogen-bond acceptors (Lipinski definition) is 0. The molecule has 2 rings (SSSR count). The van der Waals surface area contributed by atoms with Crippen molar-refractivity contribution in [2.45, 2.75) is 51.4 Å². The van der Waals surface area contributed by atoms with Crippen LogP contribution in [0.5, 0.6) is 0 Å². The van der Waals surface area contributed by atoms with E-state index >= 15 is 0 Å². The van der Waals surface area contributed by atoms with Gasteiger partial charge in [-0.2, -0.15) is 0 Å². The van der Waals surface area contributed by atoms with E-state index in [1.807, 2.05) is 0 Å². The van der Waals surface area contributed by atoms with E-state index in [1.165, 1.54) is 36.8 Å². The zero-order valence-corrected chi connectivity index (χ0v) is 12.8. The van der Waals surface area contributed by atoms with Gasteiger partial charge in [0, 0.05) is 0 Å². The minimum absolute atomic E-state index is 0.623. The highest BCUT2D eigenvalue weighted by Crippen LogP contribution is 2.33. The van der Waals surface area contributed by atoms with Gasteiger partial charge in [0.2, 0.25) is 0 Å². The molecule has 20 heavy (non-hydrogen) atoms. The fourth-order valence-electron chi connectivity index (χ4n) is 2.94. The molecule has 0 aliphatic heterocycles. The number of unbranched alkanes of at least 4 members (excludes halogenated alkanes) is 1. The lowest BCUT2D eigenvalue weighted by molar-refractivity contribution is 0.506. The van der Waals surface area contributed by atoms with Gasteiger partial charge in [-0.1, -0.05) is 87.4 Å². The van der Waals surface area contributed by atoms with Crippen molar-refractivity contribution >= 4 is 0 Å². The first-order chi connectivity index (χ1) is 9.81. The Morgan fingerprint density at radius 1 is 0.800 bits per heavy atom. The molecule has 0 heteroatoms. The Balaban J connectivity index is 2.08. The summed E-state index contributed by atoms with van der Waals surface area (Å²) in [6.07, 6.45) is 5.15. The fraction of sp³-hybridized carbons (Fsp3) is 0.400. The summed E-state index contributed by atoms with van der Waals surface area (Å²) in [6.45, 7) is 4.64. The molecule has 0 aliphatic carbocycles. The van der Waals surface area contributed by atoms with Crippen molar-refractivity contribution in [1.29, 1.82) is 0 Å². The zero-order chi connectivity index (χ0) is 14.2. The van der Waals surface area contributed by atoms with Crippen molar-refractivity contribution < 1.29 is 0 Å². The highest BCUT2D eigenvalue weighted by molar-refractivity contribution is 5.23. The smallest absolute Gasteiger partial charge is 0.0156 e. The van der Waals surface area contributed by atoms with E-state index in [9.17, 15) is 0 Å². The van der Waals surface area contributed by atoms with Crippen molar-refractivity contribution in [1.82, 2.24) is 0 Å². The third-order valence-corrected chi connectivity index (χ3v) is 4.18. The Bertz CT molecular complexity index is 472. The number of rotatable bonds is 7. The van der Waals surface area contributed by atoms with Crippen molar-refractivity contribution in [2.24, 2.45) is 0 Å². The maximum Gasteiger partial charge on any atom is -0.0156 e. The van der Waals surface area contributed by atoms with Crippen LogP contribution in [0.1, 0.15) is 62.5 Å². The molecule has 0 radical (unpaired) electrons. The Labute approximate surface area is 123 Å². The normalized spacial score (nSPS) is 13.9. The summed E-state index contributed by atoms with van der Waals surface area (Å²) >= 11 is 0. The second-order valence-electron chi connectivity index (χ2n) is 5.80. The molecule has 2 aromatic rings. The molecule has 106 valence electrons. The molecule has 0 spiro atoms. The van der Waals surface area contributed by atoms with Crippen LogP contribution >= 0.6 is 0 Å². The predicted octanol–water partition coefficient (Wildman–Crippen LogP) is 6.15. The van der Waals surface area contributed by atoms with Crippen LogP contribution in [0.2, 0.25) is 0 Å². The van der Waals surface area contributed by atoms with Crippen LogP contribution in [-0.4, -0.2) is 0 Å². The molecule has 2 aromatic carbocycles. The van der Waals surface area contributed by atoms with E-state index in [2.05, 4.69) is 74.5 Å². The van der Waals surface area contributed by atoms with E-state index in [4.69, 9.17) is 0 Å². The standard InChI is InChI=1S/C20H26/c1-3-4-11-20(19-14-9-6-10-15-19)16-17(2)18-12-7-5-8-13-18/h5-10,12-15,17,20H,3-4,11,16H2,1-2H3. The third-order valence-electron chi connectivity index (χ3n) is 4.18. The van der Waals surface area contributed by atoms with Gasteiger partial charge in [0.1, 0.15) is 0 Å². The summed E-state index contributed by atoms with van der Waals surface area (Å²) in [5.74, 6) is 1.31. The first kappa shape index (κ1) is 14.8. The maximum absolute atomic E-state index is 2.36. The van der Waals surface area contributed by atoms with Crippen LogP contribution in [0.25, 0.3) is 0 Å². The Morgan fingerprint density at radius 3 is 1.90 bits per heavy atom. The molecule has 0 aromatic heterocycles. The summed E-state index contributed by atoms with van der Waals surface area (Å²) in [6, 6.07) is 21.9. The molecule has 0 nitrogen and oxygen atoms in total. The Hall–Kier alpha value is -1.56. The largest absolute Gasteiger partial charge is 0.0654 e. The van der Waals surface area contributed by atoms with Gasteiger partial charge in [-0.3, -0.25) is 0 Å². The Kier molecular flexibility index (Phi) is 5.86. The molecule has 0 N–H and O–H groups in total. The average molecular weight is 266 g/mol. The van der Waals surface area contributed by atoms with Crippen molar-refractivity contribution in [3.8, 4) is 0 Å². The van der Waals surface area contributed by atoms with Gasteiger partial charge < -0.3 is 0 Å². The summed E-state index contributed by atoms with van der Waals surface area (Å²) < 4.78 is 0. The van der Waals surface area contributed by atoms with Gasteiger partial charge in [0.25, 0.3) is 0 Å². The SMILES string of the molecule is CCCCC(CC(C)c1ccccc1)c1ccccc1. The summed E-state index contributed by atoms with van der Waals surface area (Å²) in [5, 5.41) is 0. The second-order valence-corrected chi connectivity index (χ2v) is 5.80. The van der Waals surface area contributed by atoms with Crippen LogP contribution in [0.4, 0.5) is 0 Å². The van der Waals surface area contributed by atoms with Crippen LogP contribution < -0.4 is 0 Å². The number of hydrogen-bond donors (Lipinski definition) is 0. The lowest BCUT2D eigenvalue weighted by Crippen LogP contribution is -2.04. The Morgan fingerprint density at radius 2 is 1.35 bits per heavy atom. The molecule has 0 bridgehead atoms. The number of benzene rings is 2. The van der Waals surface area contributed by atoms with Gasteiger partial charge in [-0.25, -0.2) is 0 Å². The molecule has 0 saturated carbocycles. The van der Waals surface area contributed by atoms with Crippen molar-refractivity contribution in [3.05, 3.63) is 71.8 Å². The molecule has 2 atom stereocenters. The molecule has 0 aliphatic rings. The highest BCUT2D eigenvalue weighted by atomic mass is 14.2. The van der Waals surface area contributed by atoms with Crippen LogP contribution in [-0.2, 0) is 0 Å². The predicted molar refractivity (Wildman–Crippen MR) is 88.2 cm³/mol. The minimum atomic E-state index is 0.623. The molecule has 0 fully saturated rings. The van der Waals surface area contributed by atoms with Gasteiger partial charge in [-0.15, -0.1) is 0 Å². The quantitative estimate of drug-likeness (QED) is 0.563. The van der Waals surface area contributed by atoms with Gasteiger partial charge in [-0.05, 0) is 35.8 Å². The monoisotopic (exact) mass is 266 g/mol. The molecule has 2 unspecified atom stereocenters. The van der Waals surface area contributed by atoms with E-state index in [-0.39, 0.29) is 0 Å². The van der Waals surface area contributed by atoms with Gasteiger partial charge in [0.05, 0.1) is 0 Å². The van der Waals surface area contributed by atoms with E-state index in [0.29, 0.717) is 11.8 Å². The summed E-state index contributed by atoms with van der Waals surface area (Å²) in [4.78, 5) is 0. The van der Waals surface area contributed by atoms with Crippen LogP contribution in [0, 0.1) is 0 Å². The highest BCUT2D eigenvalue weighted by Gasteiger charge is 2.15. The lowest BCUT2D eigenvalue weighted by Gasteiger charge is -2.22. The third kappa shape index (κ3) is 4.23. The first-order valence-electron chi connectivity index (χ1n) is 7.91. The lowest BCUT2D eigenvalue weighted by atomic mass is 9.83. The minimum Gasteiger partial charge on any atom is -0.0654 e. The molecule has 0 amide bonds. The van der Waals surface area contributed by atoms with E-state index in [0.717, 1.165) is 0 Å². The van der Waals surface area contributed by atoms with Crippen molar-refractivity contribution in [3.63, 3.8) is 0 Å². The fourth-order valence-corrected chi connectivity index (χ4v) is 2.94. The van der Waals surface area contributed by atoms with Crippen LogP contribution in [0.15, 0.2) is 60.7 Å². The van der Waals surface area contributed by atoms with Gasteiger partial charge in [0.15, 0.2) is 0 Å². The van der Waals surface area contributed by atoms with Crippen LogP contribution in [0.3, 0.4) is 0 Å². The molecular weight excluding hydrogens is 240 g/mol. The zero-order valence-electron chi connectivity index (χ0n) is 12.8. The molecular formula is C20H26. The summed E-state index contributed by atoms with van der Waals surface area (Å²) in [5.41, 5.74) is 2.97. The maximum atomic E-state index is 2.36. The summed E-state index contributed by atoms with van der Waals surface area (Å²) in [7, 11) is 0. The second kappa shape index (κ2) is 7.89. The van der Waals surface area contributed by atoms with Gasteiger partial charge >= 0.3 is 0 Å². The molecule has 0 heterocycles. The molecule has 0 saturated heterocycles. The van der Waals surface area contributed by atoms with Crippen molar-refractivity contribution in [2.75, 3.05) is 0 Å². The van der Waals surface area contributed by atoms with E-state index in [1.54, 1.807) is 0 Å². The van der Waals surface area contributed by atoms with E-state index < -0.39 is 0 Å². The topological polar surface area (TPSA) is 0 Å².